The quantitative estimate of drug-likeness (QED) is 0.271. The number of aryl methyl sites for hydroxylation is 1. The normalized spacial score (nSPS) is 14.1. The zero-order chi connectivity index (χ0) is 24.1. The summed E-state index contributed by atoms with van der Waals surface area (Å²) in [6, 6.07) is 9.41. The highest BCUT2D eigenvalue weighted by Crippen LogP contribution is 2.41. The van der Waals surface area contributed by atoms with Crippen molar-refractivity contribution in [1.29, 1.82) is 0 Å². The first kappa shape index (κ1) is 25.8. The van der Waals surface area contributed by atoms with E-state index in [-0.39, 0.29) is 5.92 Å². The molecule has 0 fully saturated rings. The second-order valence-corrected chi connectivity index (χ2v) is 9.25. The van der Waals surface area contributed by atoms with Gasteiger partial charge in [-0.2, -0.15) is 5.06 Å². The molecule has 1 aromatic heterocycles. The maximum Gasteiger partial charge on any atom is 0.211 e. The number of aromatic nitrogens is 2. The van der Waals surface area contributed by atoms with Crippen LogP contribution in [-0.2, 0) is 16.2 Å². The number of benzene rings is 2. The van der Waals surface area contributed by atoms with E-state index in [1.54, 1.807) is 18.2 Å². The summed E-state index contributed by atoms with van der Waals surface area (Å²) in [5.41, 5.74) is 3.79. The van der Waals surface area contributed by atoms with Gasteiger partial charge in [-0.05, 0) is 48.6 Å². The summed E-state index contributed by atoms with van der Waals surface area (Å²) in [7, 11) is 5.29. The highest BCUT2D eigenvalue weighted by Gasteiger charge is 2.27. The third-order valence-corrected chi connectivity index (χ3v) is 6.58. The maximum atomic E-state index is 11.2. The van der Waals surface area contributed by atoms with Crippen molar-refractivity contribution in [2.24, 2.45) is 0 Å². The average molecular weight is 512 g/mol. The summed E-state index contributed by atoms with van der Waals surface area (Å²) in [4.78, 5) is 22.8. The van der Waals surface area contributed by atoms with E-state index in [1.807, 2.05) is 38.4 Å². The van der Waals surface area contributed by atoms with Crippen LogP contribution in [-0.4, -0.2) is 48.7 Å². The number of imidazole rings is 1. The average Bonchev–Trinajstić information content (AvgIpc) is 3.19. The Kier molecular flexibility index (Phi) is 9.02. The van der Waals surface area contributed by atoms with E-state index in [0.29, 0.717) is 21.5 Å². The van der Waals surface area contributed by atoms with E-state index >= 15 is 0 Å². The number of hydrogen-bond acceptors (Lipinski definition) is 5. The van der Waals surface area contributed by atoms with Crippen molar-refractivity contribution in [3.63, 3.8) is 0 Å². The molecular formula is C24H29Cl3N4O2. The van der Waals surface area contributed by atoms with Crippen LogP contribution in [0.3, 0.4) is 0 Å². The number of hydrogen-bond donors (Lipinski definition) is 0. The third kappa shape index (κ3) is 5.64. The largest absolute Gasteiger partial charge is 0.310 e. The van der Waals surface area contributed by atoms with Gasteiger partial charge < -0.3 is 19.1 Å². The van der Waals surface area contributed by atoms with Crippen LogP contribution in [0.2, 0.25) is 15.1 Å². The molecular weight excluding hydrogens is 483 g/mol. The van der Waals surface area contributed by atoms with Gasteiger partial charge in [-0.25, -0.2) is 4.98 Å². The predicted molar refractivity (Wildman–Crippen MR) is 137 cm³/mol. The topological polar surface area (TPSA) is 50.6 Å². The summed E-state index contributed by atoms with van der Waals surface area (Å²) < 4.78 is 2.21. The number of carbonyl (C=O) groups excluding carboxylic acids is 1. The van der Waals surface area contributed by atoms with E-state index in [2.05, 4.69) is 21.2 Å². The molecule has 1 unspecified atom stereocenters. The van der Waals surface area contributed by atoms with Crippen molar-refractivity contribution < 1.29 is 9.63 Å². The second kappa shape index (κ2) is 11.5. The van der Waals surface area contributed by atoms with Crippen molar-refractivity contribution >= 4 is 63.8 Å². The first-order valence-corrected chi connectivity index (χ1v) is 12.0. The summed E-state index contributed by atoms with van der Waals surface area (Å²) in [6.45, 7) is 3.75. The van der Waals surface area contributed by atoms with Crippen molar-refractivity contribution in [3.8, 4) is 0 Å². The molecule has 178 valence electrons. The molecule has 2 aromatic carbocycles. The Morgan fingerprint density at radius 3 is 2.48 bits per heavy atom. The van der Waals surface area contributed by atoms with Gasteiger partial charge in [0.25, 0.3) is 0 Å². The standard InChI is InChI=1S/C21H20Cl3N3O.C3H9NO/c1-2-13(8-11-28)15-5-6-16(23)19-20(15)27-10-3-9-26(21(27)25-19)18-7-4-14(22)12-17(18)24;1-4(2)5-3/h4-7,11-13H,2-3,8-10H2,1H3;1-3H3. The number of nitrogens with zero attached hydrogens (tertiary/aromatic N) is 4. The van der Waals surface area contributed by atoms with Crippen LogP contribution in [0.25, 0.3) is 11.0 Å². The lowest BCUT2D eigenvalue weighted by Gasteiger charge is -2.30. The van der Waals surface area contributed by atoms with Gasteiger partial charge in [0.15, 0.2) is 0 Å². The number of aldehydes is 1. The van der Waals surface area contributed by atoms with Gasteiger partial charge in [0.2, 0.25) is 5.95 Å². The van der Waals surface area contributed by atoms with Gasteiger partial charge in [0, 0.05) is 38.6 Å². The van der Waals surface area contributed by atoms with Gasteiger partial charge in [0.1, 0.15) is 11.8 Å². The predicted octanol–water partition coefficient (Wildman–Crippen LogP) is 6.73. The molecule has 2 heterocycles. The fourth-order valence-corrected chi connectivity index (χ4v) is 4.72. The van der Waals surface area contributed by atoms with Crippen molar-refractivity contribution in [3.05, 3.63) is 51.0 Å². The Bertz CT molecular complexity index is 1120. The van der Waals surface area contributed by atoms with Crippen molar-refractivity contribution in [1.82, 2.24) is 14.6 Å². The maximum absolute atomic E-state index is 11.2. The van der Waals surface area contributed by atoms with Crippen LogP contribution in [0.15, 0.2) is 30.3 Å². The molecule has 1 aliphatic rings. The molecule has 0 saturated carbocycles. The number of carbonyl (C=O) groups is 1. The Labute approximate surface area is 209 Å². The lowest BCUT2D eigenvalue weighted by atomic mass is 9.92. The molecule has 0 radical (unpaired) electrons. The van der Waals surface area contributed by atoms with Gasteiger partial charge in [0.05, 0.1) is 28.4 Å². The molecule has 4 rings (SSSR count). The Hall–Kier alpha value is -1.83. The molecule has 0 aliphatic carbocycles. The van der Waals surface area contributed by atoms with Crippen LogP contribution in [0.1, 0.15) is 37.7 Å². The van der Waals surface area contributed by atoms with E-state index < -0.39 is 0 Å². The minimum Gasteiger partial charge on any atom is -0.310 e. The summed E-state index contributed by atoms with van der Waals surface area (Å²) >= 11 is 19.1. The van der Waals surface area contributed by atoms with E-state index in [9.17, 15) is 4.79 Å². The van der Waals surface area contributed by atoms with Crippen LogP contribution in [0, 0.1) is 0 Å². The Morgan fingerprint density at radius 2 is 1.88 bits per heavy atom. The molecule has 1 aliphatic heterocycles. The molecule has 0 bridgehead atoms. The minimum atomic E-state index is 0.146. The van der Waals surface area contributed by atoms with Gasteiger partial charge >= 0.3 is 0 Å². The second-order valence-electron chi connectivity index (χ2n) is 8.00. The highest BCUT2D eigenvalue weighted by atomic mass is 35.5. The van der Waals surface area contributed by atoms with Crippen LogP contribution in [0.4, 0.5) is 11.6 Å². The number of hydroxylamine groups is 2. The molecule has 1 atom stereocenters. The van der Waals surface area contributed by atoms with Gasteiger partial charge in [-0.3, -0.25) is 0 Å². The van der Waals surface area contributed by atoms with Crippen LogP contribution < -0.4 is 4.90 Å². The number of fused-ring (bicyclic) bond motifs is 3. The van der Waals surface area contributed by atoms with Gasteiger partial charge in [-0.15, -0.1) is 0 Å². The lowest BCUT2D eigenvalue weighted by molar-refractivity contribution is -0.108. The minimum absolute atomic E-state index is 0.146. The number of halogens is 3. The molecule has 0 amide bonds. The van der Waals surface area contributed by atoms with E-state index in [0.717, 1.165) is 60.4 Å². The smallest absolute Gasteiger partial charge is 0.211 e. The SMILES string of the molecule is CCC(CC=O)c1ccc(Cl)c2nc3n(c12)CCCN3c1ccc(Cl)cc1Cl.CON(C)C. The molecule has 6 nitrogen and oxygen atoms in total. The highest BCUT2D eigenvalue weighted by molar-refractivity contribution is 6.36. The first-order chi connectivity index (χ1) is 15.8. The number of rotatable bonds is 6. The van der Waals surface area contributed by atoms with Crippen molar-refractivity contribution in [2.75, 3.05) is 32.6 Å². The van der Waals surface area contributed by atoms with Crippen LogP contribution >= 0.6 is 34.8 Å². The fourth-order valence-electron chi connectivity index (χ4n) is 4.01. The first-order valence-electron chi connectivity index (χ1n) is 10.9. The van der Waals surface area contributed by atoms with Crippen LogP contribution in [0.5, 0.6) is 0 Å². The lowest BCUT2D eigenvalue weighted by Crippen LogP contribution is -2.28. The molecule has 0 saturated heterocycles. The molecule has 3 aromatic rings. The van der Waals surface area contributed by atoms with E-state index in [1.165, 1.54) is 0 Å². The summed E-state index contributed by atoms with van der Waals surface area (Å²) in [6.07, 6.45) is 3.30. The summed E-state index contributed by atoms with van der Waals surface area (Å²) in [5.74, 6) is 0.966. The monoisotopic (exact) mass is 510 g/mol. The van der Waals surface area contributed by atoms with Crippen molar-refractivity contribution in [2.45, 2.75) is 38.6 Å². The summed E-state index contributed by atoms with van der Waals surface area (Å²) in [5, 5.41) is 3.43. The zero-order valence-electron chi connectivity index (χ0n) is 19.3. The Balaban J connectivity index is 0.000000555. The molecule has 0 N–H and O–H groups in total. The third-order valence-electron chi connectivity index (χ3n) is 5.74. The molecule has 33 heavy (non-hydrogen) atoms. The fraction of sp³-hybridized carbons (Fsp3) is 0.417. The zero-order valence-corrected chi connectivity index (χ0v) is 21.6. The number of anilines is 2. The van der Waals surface area contributed by atoms with E-state index in [4.69, 9.17) is 39.8 Å². The molecule has 9 heteroatoms. The Morgan fingerprint density at radius 1 is 1.15 bits per heavy atom. The van der Waals surface area contributed by atoms with Gasteiger partial charge in [-0.1, -0.05) is 47.8 Å². The molecule has 0 spiro atoms.